The summed E-state index contributed by atoms with van der Waals surface area (Å²) in [7, 11) is 0. The lowest BCUT2D eigenvalue weighted by Gasteiger charge is -2.22. The molecule has 3 rings (SSSR count). The van der Waals surface area contributed by atoms with Crippen molar-refractivity contribution < 1.29 is 0 Å². The fraction of sp³-hybridized carbons (Fsp3) is 0.357. The van der Waals surface area contributed by atoms with Crippen molar-refractivity contribution >= 4 is 11.6 Å². The molecule has 1 aromatic carbocycles. The van der Waals surface area contributed by atoms with Crippen molar-refractivity contribution in [3.63, 3.8) is 0 Å². The molecule has 4 heteroatoms. The molecule has 0 bridgehead atoms. The fourth-order valence-corrected chi connectivity index (χ4v) is 2.71. The van der Waals surface area contributed by atoms with Gasteiger partial charge in [0.1, 0.15) is 5.82 Å². The molecule has 2 aromatic rings. The molecule has 0 radical (unpaired) electrons. The predicted molar refractivity (Wildman–Crippen MR) is 73.7 cm³/mol. The molecule has 0 spiro atoms. The van der Waals surface area contributed by atoms with Gasteiger partial charge in [0.25, 0.3) is 0 Å². The Labute approximate surface area is 112 Å². The van der Waals surface area contributed by atoms with Gasteiger partial charge in [-0.2, -0.15) is 0 Å². The summed E-state index contributed by atoms with van der Waals surface area (Å²) < 4.78 is 2.26. The highest BCUT2D eigenvalue weighted by Gasteiger charge is 2.22. The number of fused-ring (bicyclic) bond motifs is 1. The van der Waals surface area contributed by atoms with Gasteiger partial charge in [0.15, 0.2) is 0 Å². The first-order valence-electron chi connectivity index (χ1n) is 6.22. The molecule has 0 fully saturated rings. The monoisotopic (exact) mass is 261 g/mol. The molecule has 3 nitrogen and oxygen atoms in total. The van der Waals surface area contributed by atoms with Crippen molar-refractivity contribution in [1.29, 1.82) is 0 Å². The van der Waals surface area contributed by atoms with Crippen LogP contribution in [0.1, 0.15) is 17.8 Å². The normalized spacial score (nSPS) is 18.7. The van der Waals surface area contributed by atoms with Crippen LogP contribution >= 0.6 is 11.6 Å². The Morgan fingerprint density at radius 1 is 1.33 bits per heavy atom. The van der Waals surface area contributed by atoms with Crippen LogP contribution in [0.25, 0.3) is 11.4 Å². The molecule has 0 amide bonds. The Balaban J connectivity index is 2.10. The smallest absolute Gasteiger partial charge is 0.140 e. The number of hydrogen-bond donors (Lipinski definition) is 1. The van der Waals surface area contributed by atoms with Gasteiger partial charge < -0.3 is 10.3 Å². The number of halogens is 1. The van der Waals surface area contributed by atoms with Crippen LogP contribution in [-0.2, 0) is 13.0 Å². The summed E-state index contributed by atoms with van der Waals surface area (Å²) in [5.41, 5.74) is 9.60. The Morgan fingerprint density at radius 2 is 2.06 bits per heavy atom. The number of aromatic nitrogens is 2. The van der Waals surface area contributed by atoms with E-state index in [2.05, 4.69) is 11.5 Å². The third-order valence-electron chi connectivity index (χ3n) is 3.54. The van der Waals surface area contributed by atoms with E-state index < -0.39 is 0 Å². The van der Waals surface area contributed by atoms with E-state index >= 15 is 0 Å². The highest BCUT2D eigenvalue weighted by molar-refractivity contribution is 6.30. The highest BCUT2D eigenvalue weighted by atomic mass is 35.5. The minimum absolute atomic E-state index is 0.233. The highest BCUT2D eigenvalue weighted by Crippen LogP contribution is 2.27. The standard InChI is InChI=1S/C14H16ClN3/c1-9-13-7-6-12(16)8-18(13)14(17-9)10-2-4-11(15)5-3-10/h2-5,12H,6-8,16H2,1H3. The molecule has 0 saturated carbocycles. The van der Waals surface area contributed by atoms with Crippen molar-refractivity contribution in [2.24, 2.45) is 5.73 Å². The molecule has 1 aliphatic rings. The van der Waals surface area contributed by atoms with Crippen LogP contribution in [0.4, 0.5) is 0 Å². The summed E-state index contributed by atoms with van der Waals surface area (Å²) in [5, 5.41) is 0.748. The van der Waals surface area contributed by atoms with E-state index in [9.17, 15) is 0 Å². The lowest BCUT2D eigenvalue weighted by atomic mass is 10.0. The maximum Gasteiger partial charge on any atom is 0.140 e. The van der Waals surface area contributed by atoms with Gasteiger partial charge in [-0.25, -0.2) is 4.98 Å². The Kier molecular flexibility index (Phi) is 2.88. The van der Waals surface area contributed by atoms with Crippen molar-refractivity contribution in [2.45, 2.75) is 32.4 Å². The summed E-state index contributed by atoms with van der Waals surface area (Å²) >= 11 is 5.92. The van der Waals surface area contributed by atoms with E-state index in [4.69, 9.17) is 22.3 Å². The van der Waals surface area contributed by atoms with Crippen LogP contribution in [0, 0.1) is 6.92 Å². The molecule has 1 unspecified atom stereocenters. The first-order chi connectivity index (χ1) is 8.65. The predicted octanol–water partition coefficient (Wildman–Crippen LogP) is 2.79. The third-order valence-corrected chi connectivity index (χ3v) is 3.80. The van der Waals surface area contributed by atoms with Crippen molar-refractivity contribution in [2.75, 3.05) is 0 Å². The van der Waals surface area contributed by atoms with Crippen LogP contribution < -0.4 is 5.73 Å². The zero-order chi connectivity index (χ0) is 12.7. The number of imidazole rings is 1. The number of benzene rings is 1. The van der Waals surface area contributed by atoms with Gasteiger partial charge >= 0.3 is 0 Å². The Hall–Kier alpha value is -1.32. The second-order valence-electron chi connectivity index (χ2n) is 4.88. The zero-order valence-electron chi connectivity index (χ0n) is 10.4. The fourth-order valence-electron chi connectivity index (χ4n) is 2.59. The SMILES string of the molecule is Cc1nc(-c2ccc(Cl)cc2)n2c1CCC(N)C2. The largest absolute Gasteiger partial charge is 0.326 e. The number of nitrogens with two attached hydrogens (primary N) is 1. The number of nitrogens with zero attached hydrogens (tertiary/aromatic N) is 2. The molecular weight excluding hydrogens is 246 g/mol. The molecule has 18 heavy (non-hydrogen) atoms. The number of aryl methyl sites for hydroxylation is 1. The van der Waals surface area contributed by atoms with E-state index in [0.29, 0.717) is 0 Å². The molecule has 0 aliphatic carbocycles. The number of rotatable bonds is 1. The minimum atomic E-state index is 0.233. The van der Waals surface area contributed by atoms with Gasteiger partial charge in [0, 0.05) is 28.9 Å². The van der Waals surface area contributed by atoms with Crippen molar-refractivity contribution in [1.82, 2.24) is 9.55 Å². The molecule has 1 atom stereocenters. The lowest BCUT2D eigenvalue weighted by molar-refractivity contribution is 0.462. The average molecular weight is 262 g/mol. The van der Waals surface area contributed by atoms with Crippen LogP contribution in [0.15, 0.2) is 24.3 Å². The van der Waals surface area contributed by atoms with Gasteiger partial charge in [0.05, 0.1) is 5.69 Å². The third kappa shape index (κ3) is 1.93. The van der Waals surface area contributed by atoms with Gasteiger partial charge in [-0.15, -0.1) is 0 Å². The second kappa shape index (κ2) is 4.41. The van der Waals surface area contributed by atoms with Gasteiger partial charge in [-0.3, -0.25) is 0 Å². The first kappa shape index (κ1) is 11.8. The van der Waals surface area contributed by atoms with E-state index in [1.54, 1.807) is 0 Å². The Bertz CT molecular complexity index is 571. The maximum atomic E-state index is 6.06. The van der Waals surface area contributed by atoms with Crippen LogP contribution in [0.5, 0.6) is 0 Å². The van der Waals surface area contributed by atoms with Crippen LogP contribution in [-0.4, -0.2) is 15.6 Å². The topological polar surface area (TPSA) is 43.8 Å². The zero-order valence-corrected chi connectivity index (χ0v) is 11.1. The molecule has 2 N–H and O–H groups in total. The maximum absolute atomic E-state index is 6.06. The quantitative estimate of drug-likeness (QED) is 0.858. The van der Waals surface area contributed by atoms with E-state index in [1.165, 1.54) is 5.69 Å². The Morgan fingerprint density at radius 3 is 2.78 bits per heavy atom. The second-order valence-corrected chi connectivity index (χ2v) is 5.32. The average Bonchev–Trinajstić information content (AvgIpc) is 2.67. The molecular formula is C14H16ClN3. The molecule has 0 saturated heterocycles. The molecule has 1 aliphatic heterocycles. The summed E-state index contributed by atoms with van der Waals surface area (Å²) in [5.74, 6) is 1.01. The van der Waals surface area contributed by atoms with E-state index in [-0.39, 0.29) is 6.04 Å². The lowest BCUT2D eigenvalue weighted by Crippen LogP contribution is -2.32. The molecule has 94 valence electrons. The number of hydrogen-bond acceptors (Lipinski definition) is 2. The molecule has 2 heterocycles. The summed E-state index contributed by atoms with van der Waals surface area (Å²) in [6.07, 6.45) is 2.07. The molecule has 1 aromatic heterocycles. The van der Waals surface area contributed by atoms with Gasteiger partial charge in [0.2, 0.25) is 0 Å². The minimum Gasteiger partial charge on any atom is -0.326 e. The van der Waals surface area contributed by atoms with E-state index in [0.717, 1.165) is 41.5 Å². The van der Waals surface area contributed by atoms with Crippen molar-refractivity contribution in [3.05, 3.63) is 40.7 Å². The van der Waals surface area contributed by atoms with Crippen LogP contribution in [0.2, 0.25) is 5.02 Å². The van der Waals surface area contributed by atoms with Crippen LogP contribution in [0.3, 0.4) is 0 Å². The first-order valence-corrected chi connectivity index (χ1v) is 6.60. The summed E-state index contributed by atoms with van der Waals surface area (Å²) in [6, 6.07) is 8.06. The van der Waals surface area contributed by atoms with Gasteiger partial charge in [-0.1, -0.05) is 11.6 Å². The summed E-state index contributed by atoms with van der Waals surface area (Å²) in [6.45, 7) is 2.93. The summed E-state index contributed by atoms with van der Waals surface area (Å²) in [4.78, 5) is 4.69. The van der Waals surface area contributed by atoms with Crippen molar-refractivity contribution in [3.8, 4) is 11.4 Å². The van der Waals surface area contributed by atoms with Gasteiger partial charge in [-0.05, 0) is 44.0 Å². The van der Waals surface area contributed by atoms with E-state index in [1.807, 2.05) is 24.3 Å².